The normalized spacial score (nSPS) is 28.9. The summed E-state index contributed by atoms with van der Waals surface area (Å²) in [5.74, 6) is 2.10. The van der Waals surface area contributed by atoms with E-state index in [4.69, 9.17) is 0 Å². The zero-order chi connectivity index (χ0) is 14.0. The predicted molar refractivity (Wildman–Crippen MR) is 85.1 cm³/mol. The van der Waals surface area contributed by atoms with Crippen LogP contribution in [0.5, 0.6) is 0 Å². The Morgan fingerprint density at radius 3 is 2.57 bits per heavy atom. The number of aromatic amines is 1. The smallest absolute Gasteiger partial charge is 0.0823 e. The van der Waals surface area contributed by atoms with Crippen molar-refractivity contribution >= 4 is 21.8 Å². The van der Waals surface area contributed by atoms with Crippen molar-refractivity contribution < 1.29 is 5.11 Å². The molecule has 3 unspecified atom stereocenters. The highest BCUT2D eigenvalue weighted by Gasteiger charge is 2.55. The average molecular weight is 277 g/mol. The van der Waals surface area contributed by atoms with E-state index in [0.29, 0.717) is 5.92 Å². The summed E-state index contributed by atoms with van der Waals surface area (Å²) in [6.07, 6.45) is 3.72. The Morgan fingerprint density at radius 2 is 1.71 bits per heavy atom. The van der Waals surface area contributed by atoms with Crippen LogP contribution in [0.2, 0.25) is 0 Å². The number of aliphatic hydroxyl groups excluding tert-OH is 1. The van der Waals surface area contributed by atoms with Crippen LogP contribution < -0.4 is 0 Å². The topological polar surface area (TPSA) is 36.0 Å². The highest BCUT2D eigenvalue weighted by molar-refractivity contribution is 6.07. The summed E-state index contributed by atoms with van der Waals surface area (Å²) in [5.41, 5.74) is 3.41. The first-order valence-electron chi connectivity index (χ1n) is 8.01. The molecule has 2 aliphatic carbocycles. The summed E-state index contributed by atoms with van der Waals surface area (Å²) in [7, 11) is 0. The standard InChI is InChI=1S/C19H19NO/c21-19(18-13-5-3-6-14(13)18)11-8-9-17-15(10-11)12-4-1-2-7-16(12)20-17/h1-2,4,7-10,13-14,18-21H,3,5-6H2. The lowest BCUT2D eigenvalue weighted by Gasteiger charge is -2.13. The number of aliphatic hydroxyl groups is 1. The molecule has 2 saturated carbocycles. The van der Waals surface area contributed by atoms with Gasteiger partial charge in [-0.15, -0.1) is 0 Å². The molecular formula is C19H19NO. The number of hydrogen-bond acceptors (Lipinski definition) is 1. The summed E-state index contributed by atoms with van der Waals surface area (Å²) in [5, 5.41) is 13.2. The second kappa shape index (κ2) is 4.11. The van der Waals surface area contributed by atoms with Crippen molar-refractivity contribution in [3.8, 4) is 0 Å². The van der Waals surface area contributed by atoms with E-state index in [0.717, 1.165) is 22.9 Å². The lowest BCUT2D eigenvalue weighted by molar-refractivity contribution is 0.137. The van der Waals surface area contributed by atoms with Gasteiger partial charge in [0, 0.05) is 21.8 Å². The Labute approximate surface area is 123 Å². The molecule has 0 amide bonds. The maximum absolute atomic E-state index is 10.7. The molecule has 3 atom stereocenters. The number of nitrogens with one attached hydrogen (secondary N) is 1. The van der Waals surface area contributed by atoms with Crippen molar-refractivity contribution in [2.24, 2.45) is 17.8 Å². The molecular weight excluding hydrogens is 258 g/mol. The Morgan fingerprint density at radius 1 is 0.952 bits per heavy atom. The summed E-state index contributed by atoms with van der Waals surface area (Å²) < 4.78 is 0. The van der Waals surface area contributed by atoms with Crippen LogP contribution >= 0.6 is 0 Å². The van der Waals surface area contributed by atoms with Crippen molar-refractivity contribution in [3.63, 3.8) is 0 Å². The molecule has 0 spiro atoms. The molecule has 0 aliphatic heterocycles. The van der Waals surface area contributed by atoms with Crippen LogP contribution in [0.15, 0.2) is 42.5 Å². The summed E-state index contributed by atoms with van der Waals surface area (Å²) in [6, 6.07) is 14.8. The quantitative estimate of drug-likeness (QED) is 0.715. The average Bonchev–Trinajstić information content (AvgIpc) is 2.88. The number of benzene rings is 2. The Bertz CT molecular complexity index is 824. The highest BCUT2D eigenvalue weighted by atomic mass is 16.3. The minimum absolute atomic E-state index is 0.279. The molecule has 0 bridgehead atoms. The van der Waals surface area contributed by atoms with Crippen molar-refractivity contribution in [2.45, 2.75) is 25.4 Å². The molecule has 2 aromatic carbocycles. The molecule has 2 fully saturated rings. The molecule has 0 radical (unpaired) electrons. The molecule has 5 rings (SSSR count). The first kappa shape index (κ1) is 11.8. The van der Waals surface area contributed by atoms with Gasteiger partial charge in [0.25, 0.3) is 0 Å². The van der Waals surface area contributed by atoms with Crippen LogP contribution in [-0.2, 0) is 0 Å². The monoisotopic (exact) mass is 277 g/mol. The maximum Gasteiger partial charge on any atom is 0.0823 e. The summed E-state index contributed by atoms with van der Waals surface area (Å²) in [4.78, 5) is 3.45. The van der Waals surface area contributed by atoms with Gasteiger partial charge in [-0.1, -0.05) is 30.7 Å². The first-order chi connectivity index (χ1) is 10.3. The summed E-state index contributed by atoms with van der Waals surface area (Å²) >= 11 is 0. The molecule has 3 aromatic rings. The van der Waals surface area contributed by atoms with Gasteiger partial charge in [0.1, 0.15) is 0 Å². The van der Waals surface area contributed by atoms with E-state index >= 15 is 0 Å². The van der Waals surface area contributed by atoms with Gasteiger partial charge >= 0.3 is 0 Å². The zero-order valence-corrected chi connectivity index (χ0v) is 11.9. The van der Waals surface area contributed by atoms with Crippen LogP contribution in [0.25, 0.3) is 21.8 Å². The Balaban J connectivity index is 1.59. The van der Waals surface area contributed by atoms with Crippen LogP contribution in [-0.4, -0.2) is 10.1 Å². The molecule has 1 aromatic heterocycles. The van der Waals surface area contributed by atoms with Gasteiger partial charge < -0.3 is 10.1 Å². The largest absolute Gasteiger partial charge is 0.388 e. The van der Waals surface area contributed by atoms with Crippen molar-refractivity contribution in [1.29, 1.82) is 0 Å². The number of para-hydroxylation sites is 1. The fourth-order valence-corrected chi connectivity index (χ4v) is 4.62. The minimum Gasteiger partial charge on any atom is -0.388 e. The second-order valence-electron chi connectivity index (χ2n) is 6.76. The third kappa shape index (κ3) is 1.63. The zero-order valence-electron chi connectivity index (χ0n) is 11.9. The van der Waals surface area contributed by atoms with Crippen LogP contribution in [0, 0.1) is 17.8 Å². The van der Waals surface area contributed by atoms with E-state index in [1.165, 1.54) is 35.6 Å². The molecule has 21 heavy (non-hydrogen) atoms. The fraction of sp³-hybridized carbons (Fsp3) is 0.368. The highest BCUT2D eigenvalue weighted by Crippen LogP contribution is 2.62. The van der Waals surface area contributed by atoms with Crippen molar-refractivity contribution in [2.75, 3.05) is 0 Å². The third-order valence-corrected chi connectivity index (χ3v) is 5.71. The maximum atomic E-state index is 10.7. The van der Waals surface area contributed by atoms with E-state index in [-0.39, 0.29) is 6.10 Å². The molecule has 2 N–H and O–H groups in total. The molecule has 0 saturated heterocycles. The minimum atomic E-state index is -0.279. The van der Waals surface area contributed by atoms with E-state index in [1.807, 2.05) is 0 Å². The van der Waals surface area contributed by atoms with Gasteiger partial charge in [0.15, 0.2) is 0 Å². The lowest BCUT2D eigenvalue weighted by atomic mass is 9.98. The van der Waals surface area contributed by atoms with Crippen LogP contribution in [0.4, 0.5) is 0 Å². The van der Waals surface area contributed by atoms with Crippen molar-refractivity contribution in [1.82, 2.24) is 4.98 Å². The van der Waals surface area contributed by atoms with E-state index in [9.17, 15) is 5.11 Å². The Hall–Kier alpha value is -1.80. The van der Waals surface area contributed by atoms with Crippen LogP contribution in [0.3, 0.4) is 0 Å². The number of H-pyrrole nitrogens is 1. The van der Waals surface area contributed by atoms with Gasteiger partial charge in [-0.2, -0.15) is 0 Å². The second-order valence-corrected chi connectivity index (χ2v) is 6.76. The molecule has 2 nitrogen and oxygen atoms in total. The fourth-order valence-electron chi connectivity index (χ4n) is 4.62. The number of fused-ring (bicyclic) bond motifs is 4. The SMILES string of the molecule is OC(c1ccc2[nH]c3ccccc3c2c1)C1C2CCCC21. The molecule has 2 heteroatoms. The first-order valence-corrected chi connectivity index (χ1v) is 8.01. The lowest BCUT2D eigenvalue weighted by Crippen LogP contribution is -2.04. The van der Waals surface area contributed by atoms with E-state index < -0.39 is 0 Å². The Kier molecular flexibility index (Phi) is 2.31. The van der Waals surface area contributed by atoms with Crippen molar-refractivity contribution in [3.05, 3.63) is 48.0 Å². The van der Waals surface area contributed by atoms with Gasteiger partial charge in [-0.05, 0) is 54.4 Å². The third-order valence-electron chi connectivity index (χ3n) is 5.71. The van der Waals surface area contributed by atoms with E-state index in [2.05, 4.69) is 47.4 Å². The van der Waals surface area contributed by atoms with E-state index in [1.54, 1.807) is 0 Å². The summed E-state index contributed by atoms with van der Waals surface area (Å²) in [6.45, 7) is 0. The van der Waals surface area contributed by atoms with Gasteiger partial charge in [-0.25, -0.2) is 0 Å². The molecule has 106 valence electrons. The molecule has 1 heterocycles. The van der Waals surface area contributed by atoms with Crippen LogP contribution in [0.1, 0.15) is 30.9 Å². The predicted octanol–water partition coefficient (Wildman–Crippen LogP) is 4.40. The van der Waals surface area contributed by atoms with Gasteiger partial charge in [0.2, 0.25) is 0 Å². The number of hydrogen-bond donors (Lipinski definition) is 2. The van der Waals surface area contributed by atoms with Gasteiger partial charge in [-0.3, -0.25) is 0 Å². The molecule has 2 aliphatic rings. The number of aromatic nitrogens is 1. The van der Waals surface area contributed by atoms with Gasteiger partial charge in [0.05, 0.1) is 6.10 Å². The number of rotatable bonds is 2.